The number of carboxylic acid groups (broad SMARTS) is 1. The predicted octanol–water partition coefficient (Wildman–Crippen LogP) is 5.79. The lowest BCUT2D eigenvalue weighted by atomic mass is 9.83. The van der Waals surface area contributed by atoms with Crippen molar-refractivity contribution in [2.24, 2.45) is 16.9 Å². The van der Waals surface area contributed by atoms with Crippen molar-refractivity contribution >= 4 is 52.5 Å². The van der Waals surface area contributed by atoms with E-state index in [9.17, 15) is 19.2 Å². The lowest BCUT2D eigenvalue weighted by molar-refractivity contribution is -0.134. The molecule has 9 nitrogen and oxygen atoms in total. The molecule has 0 saturated heterocycles. The van der Waals surface area contributed by atoms with Crippen molar-refractivity contribution in [2.45, 2.75) is 62.7 Å². The Kier molecular flexibility index (Phi) is 9.38. The average molecular weight is 577 g/mol. The van der Waals surface area contributed by atoms with Crippen molar-refractivity contribution in [1.82, 2.24) is 5.01 Å². The predicted molar refractivity (Wildman–Crippen MR) is 159 cm³/mol. The smallest absolute Gasteiger partial charge is 0.345 e. The number of hydrogen-bond donors (Lipinski definition) is 2. The number of carbonyl (C=O) groups is 4. The number of fused-ring (bicyclic) bond motifs is 1. The minimum absolute atomic E-state index is 0.0417. The number of hydrogen-bond acceptors (Lipinski definition) is 6. The van der Waals surface area contributed by atoms with E-state index in [1.54, 1.807) is 24.3 Å². The summed E-state index contributed by atoms with van der Waals surface area (Å²) >= 11 is 1.16. The van der Waals surface area contributed by atoms with E-state index in [-0.39, 0.29) is 36.5 Å². The first-order chi connectivity index (χ1) is 19.9. The Balaban J connectivity index is 1.42. The first-order valence-electron chi connectivity index (χ1n) is 14.4. The van der Waals surface area contributed by atoms with Gasteiger partial charge in [0, 0.05) is 28.0 Å². The number of hydrazone groups is 1. The highest BCUT2D eigenvalue weighted by Crippen LogP contribution is 2.35. The monoisotopic (exact) mass is 576 g/mol. The number of para-hydroxylation sites is 1. The largest absolute Gasteiger partial charge is 0.481 e. The van der Waals surface area contributed by atoms with Gasteiger partial charge in [-0.15, -0.1) is 11.8 Å². The zero-order valence-electron chi connectivity index (χ0n) is 23.1. The number of carbonyl (C=O) groups excluding carboxylic acids is 3. The second kappa shape index (κ2) is 13.3. The second-order valence-corrected chi connectivity index (χ2v) is 12.0. The molecule has 10 heteroatoms. The Morgan fingerprint density at radius 1 is 0.927 bits per heavy atom. The van der Waals surface area contributed by atoms with E-state index < -0.39 is 17.9 Å². The third kappa shape index (κ3) is 7.16. The molecule has 0 unspecified atom stereocenters. The average Bonchev–Trinajstić information content (AvgIpc) is 3.50. The van der Waals surface area contributed by atoms with E-state index >= 15 is 0 Å². The number of nitrogens with zero attached hydrogens (tertiary/aromatic N) is 3. The molecule has 0 bridgehead atoms. The van der Waals surface area contributed by atoms with Gasteiger partial charge >= 0.3 is 12.0 Å². The number of benzene rings is 2. The number of aliphatic carboxylic acids is 1. The Morgan fingerprint density at radius 2 is 1.66 bits per heavy atom. The molecule has 3 amide bonds. The van der Waals surface area contributed by atoms with Crippen LogP contribution in [0.5, 0.6) is 0 Å². The zero-order chi connectivity index (χ0) is 28.8. The summed E-state index contributed by atoms with van der Waals surface area (Å²) < 4.78 is 0. The van der Waals surface area contributed by atoms with Gasteiger partial charge in [-0.25, -0.2) is 9.80 Å². The lowest BCUT2D eigenvalue weighted by Crippen LogP contribution is -2.46. The first kappa shape index (κ1) is 28.9. The number of Topliss-reactive ketones (excluding diaryl/α,β-unsaturated/α-hetero) is 1. The molecule has 3 aliphatic rings. The fraction of sp³-hybridized carbons (Fsp3) is 0.452. The van der Waals surface area contributed by atoms with Crippen molar-refractivity contribution in [3.63, 3.8) is 0 Å². The van der Waals surface area contributed by atoms with Crippen LogP contribution in [0, 0.1) is 11.8 Å². The van der Waals surface area contributed by atoms with E-state index in [1.807, 2.05) is 24.3 Å². The van der Waals surface area contributed by atoms with Crippen molar-refractivity contribution in [3.05, 3.63) is 54.1 Å². The van der Waals surface area contributed by atoms with Gasteiger partial charge in [-0.1, -0.05) is 56.4 Å². The molecule has 2 aromatic rings. The summed E-state index contributed by atoms with van der Waals surface area (Å²) in [4.78, 5) is 53.7. The van der Waals surface area contributed by atoms with Gasteiger partial charge in [0.25, 0.3) is 0 Å². The van der Waals surface area contributed by atoms with Gasteiger partial charge < -0.3 is 10.4 Å². The third-order valence-corrected chi connectivity index (χ3v) is 9.02. The number of amides is 3. The number of ketones is 1. The molecule has 41 heavy (non-hydrogen) atoms. The lowest BCUT2D eigenvalue weighted by Gasteiger charge is -2.26. The maximum Gasteiger partial charge on any atom is 0.345 e. The van der Waals surface area contributed by atoms with Crippen LogP contribution in [0.4, 0.5) is 16.2 Å². The third-order valence-electron chi connectivity index (χ3n) is 8.04. The molecule has 2 aliphatic carbocycles. The molecule has 2 N–H and O–H groups in total. The first-order valence-corrected chi connectivity index (χ1v) is 15.4. The maximum atomic E-state index is 14.0. The molecule has 1 heterocycles. The highest BCUT2D eigenvalue weighted by atomic mass is 32.2. The molecule has 2 fully saturated rings. The molecular formula is C31H36N4O5S. The van der Waals surface area contributed by atoms with E-state index in [2.05, 4.69) is 5.32 Å². The van der Waals surface area contributed by atoms with Crippen LogP contribution in [-0.4, -0.2) is 58.4 Å². The molecule has 5 rings (SSSR count). The van der Waals surface area contributed by atoms with Crippen molar-refractivity contribution in [3.8, 4) is 0 Å². The standard InChI is InChI=1S/C31H36N4O5S/c36-27(21-9-4-5-10-21)18-34-26-16-7-6-15-25(26)30(22-11-2-1-3-12-22)33-35(31(34)40)19-28(37)32-23-13-8-14-24(17-23)41-20-29(38)39/h6-8,13-17,21-22H,1-5,9-12,18-20H2,(H,32,37)(H,38,39). The second-order valence-electron chi connectivity index (χ2n) is 11.0. The highest BCUT2D eigenvalue weighted by Gasteiger charge is 2.36. The molecule has 0 radical (unpaired) electrons. The summed E-state index contributed by atoms with van der Waals surface area (Å²) in [6, 6.07) is 14.1. The zero-order valence-corrected chi connectivity index (χ0v) is 23.9. The van der Waals surface area contributed by atoms with E-state index in [0.717, 1.165) is 74.4 Å². The number of rotatable bonds is 10. The summed E-state index contributed by atoms with van der Waals surface area (Å²) in [5.74, 6) is -1.27. The number of carboxylic acids is 1. The summed E-state index contributed by atoms with van der Waals surface area (Å²) in [6.45, 7) is -0.362. The topological polar surface area (TPSA) is 119 Å². The number of anilines is 2. The highest BCUT2D eigenvalue weighted by molar-refractivity contribution is 8.00. The van der Waals surface area contributed by atoms with Crippen LogP contribution in [0.15, 0.2) is 58.5 Å². The van der Waals surface area contributed by atoms with Gasteiger partial charge in [0.2, 0.25) is 5.91 Å². The summed E-state index contributed by atoms with van der Waals surface area (Å²) in [6.07, 6.45) is 9.01. The SMILES string of the molecule is O=C(O)CSc1cccc(NC(=O)CN2N=C(C3CCCCC3)c3ccccc3N(CC(=O)C3CCCC3)C2=O)c1. The van der Waals surface area contributed by atoms with Gasteiger partial charge in [0.05, 0.1) is 23.7 Å². The van der Waals surface area contributed by atoms with Crippen LogP contribution in [0.1, 0.15) is 63.4 Å². The van der Waals surface area contributed by atoms with Crippen LogP contribution in [0.2, 0.25) is 0 Å². The number of nitrogens with one attached hydrogen (secondary N) is 1. The Hall–Kier alpha value is -3.66. The minimum atomic E-state index is -0.923. The van der Waals surface area contributed by atoms with Gasteiger partial charge in [-0.3, -0.25) is 19.3 Å². The fourth-order valence-electron chi connectivity index (χ4n) is 6.01. The molecule has 216 valence electrons. The van der Waals surface area contributed by atoms with E-state index in [4.69, 9.17) is 10.2 Å². The molecule has 0 spiro atoms. The van der Waals surface area contributed by atoms with Crippen molar-refractivity contribution in [1.29, 1.82) is 0 Å². The van der Waals surface area contributed by atoms with Crippen LogP contribution < -0.4 is 10.2 Å². The van der Waals surface area contributed by atoms with Crippen molar-refractivity contribution < 1.29 is 24.3 Å². The minimum Gasteiger partial charge on any atom is -0.481 e. The quantitative estimate of drug-likeness (QED) is 0.346. The molecule has 0 aromatic heterocycles. The molecular weight excluding hydrogens is 540 g/mol. The summed E-state index contributed by atoms with van der Waals surface area (Å²) in [5.41, 5.74) is 2.81. The van der Waals surface area contributed by atoms with Crippen LogP contribution in [0.25, 0.3) is 0 Å². The van der Waals surface area contributed by atoms with Gasteiger partial charge in [-0.2, -0.15) is 5.10 Å². The van der Waals surface area contributed by atoms with Gasteiger partial charge in [0.1, 0.15) is 6.54 Å². The van der Waals surface area contributed by atoms with Crippen LogP contribution in [0.3, 0.4) is 0 Å². The van der Waals surface area contributed by atoms with Crippen LogP contribution in [-0.2, 0) is 14.4 Å². The normalized spacial score (nSPS) is 18.0. The van der Waals surface area contributed by atoms with Gasteiger partial charge in [-0.05, 0) is 49.9 Å². The maximum absolute atomic E-state index is 14.0. The molecule has 0 atom stereocenters. The number of urea groups is 1. The van der Waals surface area contributed by atoms with Crippen LogP contribution >= 0.6 is 11.8 Å². The molecule has 1 aliphatic heterocycles. The molecule has 2 aromatic carbocycles. The van der Waals surface area contributed by atoms with E-state index in [1.165, 1.54) is 16.3 Å². The molecule has 2 saturated carbocycles. The Bertz CT molecular complexity index is 1330. The van der Waals surface area contributed by atoms with Gasteiger partial charge in [0.15, 0.2) is 5.78 Å². The summed E-state index contributed by atoms with van der Waals surface area (Å²) in [7, 11) is 0. The number of thioether (sulfide) groups is 1. The Morgan fingerprint density at radius 3 is 2.41 bits per heavy atom. The fourth-order valence-corrected chi connectivity index (χ4v) is 6.68. The Labute approximate surface area is 244 Å². The van der Waals surface area contributed by atoms with Crippen molar-refractivity contribution in [2.75, 3.05) is 29.1 Å². The van der Waals surface area contributed by atoms with E-state index in [0.29, 0.717) is 16.3 Å². The summed E-state index contributed by atoms with van der Waals surface area (Å²) in [5, 5.41) is 17.9.